The van der Waals surface area contributed by atoms with Crippen LogP contribution in [0.25, 0.3) is 0 Å². The highest BCUT2D eigenvalue weighted by Crippen LogP contribution is 2.78. The van der Waals surface area contributed by atoms with Gasteiger partial charge in [-0.05, 0) is 86.8 Å². The molecule has 44 heavy (non-hydrogen) atoms. The number of fused-ring (bicyclic) bond motifs is 1. The minimum atomic E-state index is -3.62. The SMILES string of the molecule is COCCCN(C[C@]1(O)CC[C@H]2[C@]34C=C[C@@]5(C=C3C(=O)c3ccc(F)c(F)c3)CC(O)CC[C@]5(C)[C@H]4CC[C@@]21C)S(C)(=O)=O. The fourth-order valence-corrected chi connectivity index (χ4v) is 11.3. The van der Waals surface area contributed by atoms with E-state index in [1.54, 1.807) is 7.11 Å². The van der Waals surface area contributed by atoms with Gasteiger partial charge in [-0.25, -0.2) is 17.2 Å². The summed E-state index contributed by atoms with van der Waals surface area (Å²) in [5, 5.41) is 23.3. The molecule has 8 atom stereocenters. The summed E-state index contributed by atoms with van der Waals surface area (Å²) in [5.74, 6) is -2.65. The minimum Gasteiger partial charge on any atom is -0.393 e. The monoisotopic (exact) mass is 633 g/mol. The Labute approximate surface area is 259 Å². The molecule has 3 saturated carbocycles. The smallest absolute Gasteiger partial charge is 0.211 e. The molecule has 2 N–H and O–H groups in total. The molecule has 0 aliphatic heterocycles. The van der Waals surface area contributed by atoms with Gasteiger partial charge in [0.05, 0.1) is 18.0 Å². The highest BCUT2D eigenvalue weighted by molar-refractivity contribution is 7.88. The number of ether oxygens (including phenoxy) is 1. The molecule has 1 aromatic carbocycles. The van der Waals surface area contributed by atoms with Crippen LogP contribution in [0.2, 0.25) is 0 Å². The molecule has 0 aromatic heterocycles. The van der Waals surface area contributed by atoms with Crippen LogP contribution in [0.5, 0.6) is 0 Å². The zero-order valence-corrected chi connectivity index (χ0v) is 26.9. The van der Waals surface area contributed by atoms with Crippen LogP contribution in [0.3, 0.4) is 0 Å². The van der Waals surface area contributed by atoms with E-state index in [4.69, 9.17) is 4.74 Å². The molecule has 6 aliphatic carbocycles. The van der Waals surface area contributed by atoms with Gasteiger partial charge in [0.2, 0.25) is 10.0 Å². The molecule has 242 valence electrons. The van der Waals surface area contributed by atoms with Gasteiger partial charge >= 0.3 is 0 Å². The van der Waals surface area contributed by atoms with E-state index in [0.717, 1.165) is 24.8 Å². The zero-order valence-electron chi connectivity index (χ0n) is 26.1. The van der Waals surface area contributed by atoms with Crippen molar-refractivity contribution >= 4 is 15.8 Å². The number of allylic oxidation sites excluding steroid dienone is 4. The Morgan fingerprint density at radius 1 is 1.05 bits per heavy atom. The third kappa shape index (κ3) is 4.37. The van der Waals surface area contributed by atoms with Gasteiger partial charge < -0.3 is 14.9 Å². The van der Waals surface area contributed by atoms with Crippen LogP contribution in [0, 0.1) is 45.1 Å². The number of aliphatic hydroxyl groups excluding tert-OH is 1. The molecular formula is C34H45F2NO6S. The second-order valence-electron chi connectivity index (χ2n) is 14.7. The predicted molar refractivity (Wildman–Crippen MR) is 162 cm³/mol. The number of aliphatic hydroxyl groups is 2. The summed E-state index contributed by atoms with van der Waals surface area (Å²) < 4.78 is 60.6. The Kier molecular flexibility index (Phi) is 7.65. The van der Waals surface area contributed by atoms with E-state index in [1.165, 1.54) is 10.4 Å². The topological polar surface area (TPSA) is 104 Å². The normalized spacial score (nSPS) is 40.8. The van der Waals surface area contributed by atoms with Gasteiger partial charge in [-0.15, -0.1) is 0 Å². The highest BCUT2D eigenvalue weighted by atomic mass is 32.2. The fourth-order valence-electron chi connectivity index (χ4n) is 10.4. The molecule has 1 unspecified atom stereocenters. The number of rotatable bonds is 9. The number of benzene rings is 1. The van der Waals surface area contributed by atoms with Gasteiger partial charge in [-0.3, -0.25) is 4.79 Å². The second-order valence-corrected chi connectivity index (χ2v) is 16.7. The molecule has 2 spiro atoms. The predicted octanol–water partition coefficient (Wildman–Crippen LogP) is 5.04. The Morgan fingerprint density at radius 2 is 1.73 bits per heavy atom. The largest absolute Gasteiger partial charge is 0.393 e. The van der Waals surface area contributed by atoms with E-state index in [-0.39, 0.29) is 41.7 Å². The lowest BCUT2D eigenvalue weighted by Crippen LogP contribution is -2.67. The first-order valence-corrected chi connectivity index (χ1v) is 17.7. The van der Waals surface area contributed by atoms with Gasteiger partial charge in [0, 0.05) is 54.2 Å². The van der Waals surface area contributed by atoms with E-state index >= 15 is 0 Å². The first-order valence-electron chi connectivity index (χ1n) is 15.8. The van der Waals surface area contributed by atoms with Crippen LogP contribution in [0.1, 0.15) is 75.6 Å². The molecule has 0 radical (unpaired) electrons. The quantitative estimate of drug-likeness (QED) is 0.225. The van der Waals surface area contributed by atoms with Crippen molar-refractivity contribution in [1.29, 1.82) is 0 Å². The van der Waals surface area contributed by atoms with Crippen molar-refractivity contribution in [2.75, 3.05) is 33.1 Å². The summed E-state index contributed by atoms with van der Waals surface area (Å²) in [7, 11) is -2.06. The molecule has 3 fully saturated rings. The van der Waals surface area contributed by atoms with Crippen molar-refractivity contribution in [2.24, 2.45) is 33.5 Å². The Bertz CT molecular complexity index is 1530. The standard InChI is InChI=1S/C34H45F2NO6S/c1-30-11-8-23(38)19-32(30)14-15-34(24(20-32)29(39)22-6-7-25(35)26(36)18-22)27(30)9-12-31(2)28(34)10-13-33(31,40)21-37(44(4,41)42)16-5-17-43-3/h6-7,14-15,18,20,23,27-28,38,40H,5,8-13,16-17,19,21H2,1-4H3/t23?,27-,28-,30-,31+,32+,33-,34-/m1/s1. The number of hydrogen-bond donors (Lipinski definition) is 2. The molecule has 10 heteroatoms. The second kappa shape index (κ2) is 10.5. The Morgan fingerprint density at radius 3 is 2.41 bits per heavy atom. The van der Waals surface area contributed by atoms with Crippen molar-refractivity contribution in [3.63, 3.8) is 0 Å². The third-order valence-corrected chi connectivity index (χ3v) is 14.1. The third-order valence-electron chi connectivity index (χ3n) is 12.8. The number of Topliss-reactive ketones (excluding diaryl/α,β-unsaturated/α-hetero) is 1. The van der Waals surface area contributed by atoms with Crippen LogP contribution >= 0.6 is 0 Å². The highest BCUT2D eigenvalue weighted by Gasteiger charge is 2.74. The number of sulfonamides is 1. The molecule has 7 rings (SSSR count). The van der Waals surface area contributed by atoms with E-state index in [2.05, 4.69) is 19.1 Å². The van der Waals surface area contributed by atoms with E-state index < -0.39 is 49.6 Å². The maximum Gasteiger partial charge on any atom is 0.211 e. The van der Waals surface area contributed by atoms with Crippen molar-refractivity contribution in [1.82, 2.24) is 4.31 Å². The number of ketones is 1. The molecule has 0 heterocycles. The van der Waals surface area contributed by atoms with Gasteiger partial charge in [0.15, 0.2) is 17.4 Å². The molecule has 2 bridgehead atoms. The average molecular weight is 634 g/mol. The summed E-state index contributed by atoms with van der Waals surface area (Å²) in [5.41, 5.74) is -3.06. The number of nitrogens with zero attached hydrogens (tertiary/aromatic N) is 1. The molecular weight excluding hydrogens is 588 g/mol. The van der Waals surface area contributed by atoms with E-state index in [1.807, 2.05) is 13.0 Å². The first-order chi connectivity index (χ1) is 20.6. The summed E-state index contributed by atoms with van der Waals surface area (Å²) in [6, 6.07) is 3.26. The molecule has 1 aromatic rings. The lowest BCUT2D eigenvalue weighted by Gasteiger charge is -2.71. The van der Waals surface area contributed by atoms with Crippen molar-refractivity contribution in [3.05, 3.63) is 59.2 Å². The lowest BCUT2D eigenvalue weighted by molar-refractivity contribution is -0.173. The molecule has 6 aliphatic rings. The average Bonchev–Trinajstić information content (AvgIpc) is 3.23. The summed E-state index contributed by atoms with van der Waals surface area (Å²) in [6.07, 6.45) is 11.7. The van der Waals surface area contributed by atoms with Crippen LogP contribution in [0.15, 0.2) is 42.0 Å². The van der Waals surface area contributed by atoms with Gasteiger partial charge in [-0.1, -0.05) is 32.1 Å². The van der Waals surface area contributed by atoms with Crippen LogP contribution in [0.4, 0.5) is 8.78 Å². The fraction of sp³-hybridized carbons (Fsp3) is 0.676. The Balaban J connectivity index is 1.47. The summed E-state index contributed by atoms with van der Waals surface area (Å²) >= 11 is 0. The van der Waals surface area contributed by atoms with Crippen molar-refractivity contribution in [2.45, 2.75) is 76.9 Å². The minimum absolute atomic E-state index is 0.0230. The maximum absolute atomic E-state index is 14.5. The van der Waals surface area contributed by atoms with Crippen LogP contribution in [-0.2, 0) is 14.8 Å². The van der Waals surface area contributed by atoms with E-state index in [9.17, 15) is 32.2 Å². The number of carbonyl (C=O) groups is 1. The van der Waals surface area contributed by atoms with Crippen LogP contribution < -0.4 is 0 Å². The summed E-state index contributed by atoms with van der Waals surface area (Å²) in [4.78, 5) is 14.5. The van der Waals surface area contributed by atoms with Crippen LogP contribution in [-0.4, -0.2) is 73.5 Å². The molecule has 0 saturated heterocycles. The zero-order chi connectivity index (χ0) is 31.9. The lowest BCUT2D eigenvalue weighted by atomic mass is 9.32. The van der Waals surface area contributed by atoms with Crippen molar-refractivity contribution in [3.8, 4) is 0 Å². The van der Waals surface area contributed by atoms with Gasteiger partial charge in [0.25, 0.3) is 0 Å². The molecule has 0 amide bonds. The van der Waals surface area contributed by atoms with Gasteiger partial charge in [-0.2, -0.15) is 4.31 Å². The van der Waals surface area contributed by atoms with Crippen molar-refractivity contribution < 1.29 is 36.9 Å². The van der Waals surface area contributed by atoms with Gasteiger partial charge in [0.1, 0.15) is 0 Å². The number of hydrogen-bond acceptors (Lipinski definition) is 6. The van der Waals surface area contributed by atoms with E-state index in [0.29, 0.717) is 57.1 Å². The maximum atomic E-state index is 14.5. The Hall–Kier alpha value is -1.98. The summed E-state index contributed by atoms with van der Waals surface area (Å²) in [6.45, 7) is 4.89. The number of carbonyl (C=O) groups excluding carboxylic acids is 1. The number of methoxy groups -OCH3 is 1. The number of halogens is 2. The molecule has 7 nitrogen and oxygen atoms in total. The first kappa shape index (κ1) is 32.0.